The van der Waals surface area contributed by atoms with Crippen LogP contribution in [0.3, 0.4) is 0 Å². The molecule has 0 saturated carbocycles. The summed E-state index contributed by atoms with van der Waals surface area (Å²) in [4.78, 5) is 14.6. The largest absolute Gasteiger partial charge is 0.418 e. The molecule has 0 fully saturated rings. The number of imidazole rings is 1. The van der Waals surface area contributed by atoms with E-state index in [1.54, 1.807) is 31.2 Å². The SMILES string of the molecule is Cc1ccccc1-n1c(=O)[nH]c2cccc(C(F)(F)F)c21. The van der Waals surface area contributed by atoms with Crippen LogP contribution in [0.4, 0.5) is 13.2 Å². The van der Waals surface area contributed by atoms with Crippen molar-refractivity contribution < 1.29 is 13.2 Å². The van der Waals surface area contributed by atoms with Gasteiger partial charge in [-0.3, -0.25) is 4.57 Å². The molecule has 1 heterocycles. The van der Waals surface area contributed by atoms with Crippen molar-refractivity contribution in [2.75, 3.05) is 0 Å². The highest BCUT2D eigenvalue weighted by atomic mass is 19.4. The minimum atomic E-state index is -4.53. The Morgan fingerprint density at radius 2 is 1.76 bits per heavy atom. The first kappa shape index (κ1) is 13.5. The van der Waals surface area contributed by atoms with Crippen LogP contribution in [-0.4, -0.2) is 9.55 Å². The molecule has 3 nitrogen and oxygen atoms in total. The summed E-state index contributed by atoms with van der Waals surface area (Å²) in [7, 11) is 0. The third kappa shape index (κ3) is 2.12. The standard InChI is InChI=1S/C15H11F3N2O/c1-9-5-2-3-8-12(9)20-13-10(15(16,17)18)6-4-7-11(13)19-14(20)21/h2-8H,1H3,(H,19,21). The Morgan fingerprint density at radius 1 is 1.05 bits per heavy atom. The van der Waals surface area contributed by atoms with E-state index in [2.05, 4.69) is 4.98 Å². The highest BCUT2D eigenvalue weighted by molar-refractivity contribution is 5.81. The van der Waals surface area contributed by atoms with Crippen molar-refractivity contribution in [2.45, 2.75) is 13.1 Å². The van der Waals surface area contributed by atoms with E-state index in [-0.39, 0.29) is 11.0 Å². The van der Waals surface area contributed by atoms with Crippen LogP contribution in [-0.2, 0) is 6.18 Å². The molecule has 0 aliphatic rings. The van der Waals surface area contributed by atoms with Crippen LogP contribution in [0.5, 0.6) is 0 Å². The summed E-state index contributed by atoms with van der Waals surface area (Å²) < 4.78 is 40.7. The number of hydrogen-bond acceptors (Lipinski definition) is 1. The van der Waals surface area contributed by atoms with Crippen molar-refractivity contribution in [1.29, 1.82) is 0 Å². The van der Waals surface area contributed by atoms with E-state index in [1.807, 2.05) is 0 Å². The number of nitrogens with one attached hydrogen (secondary N) is 1. The fraction of sp³-hybridized carbons (Fsp3) is 0.133. The number of benzene rings is 2. The maximum absolute atomic E-state index is 13.2. The number of halogens is 3. The summed E-state index contributed by atoms with van der Waals surface area (Å²) >= 11 is 0. The van der Waals surface area contributed by atoms with Crippen molar-refractivity contribution >= 4 is 11.0 Å². The van der Waals surface area contributed by atoms with E-state index < -0.39 is 17.4 Å². The van der Waals surface area contributed by atoms with Gasteiger partial charge in [-0.15, -0.1) is 0 Å². The quantitative estimate of drug-likeness (QED) is 0.730. The van der Waals surface area contributed by atoms with Crippen molar-refractivity contribution in [3.05, 3.63) is 64.1 Å². The van der Waals surface area contributed by atoms with Gasteiger partial charge in [0.15, 0.2) is 0 Å². The minimum Gasteiger partial charge on any atom is -0.305 e. The molecule has 0 unspecified atom stereocenters. The minimum absolute atomic E-state index is 0.149. The average Bonchev–Trinajstić information content (AvgIpc) is 2.74. The molecular weight excluding hydrogens is 281 g/mol. The molecule has 0 spiro atoms. The lowest BCUT2D eigenvalue weighted by molar-refractivity contribution is -0.136. The van der Waals surface area contributed by atoms with Gasteiger partial charge in [0.25, 0.3) is 0 Å². The second-order valence-electron chi connectivity index (χ2n) is 4.75. The van der Waals surface area contributed by atoms with Crippen molar-refractivity contribution in [3.8, 4) is 5.69 Å². The normalized spacial score (nSPS) is 12.0. The number of hydrogen-bond donors (Lipinski definition) is 1. The molecule has 0 amide bonds. The fourth-order valence-electron chi connectivity index (χ4n) is 2.43. The number of nitrogens with zero attached hydrogens (tertiary/aromatic N) is 1. The van der Waals surface area contributed by atoms with E-state index in [9.17, 15) is 18.0 Å². The summed E-state index contributed by atoms with van der Waals surface area (Å²) in [5.74, 6) is 0. The van der Waals surface area contributed by atoms with E-state index in [1.165, 1.54) is 12.1 Å². The Kier molecular flexibility index (Phi) is 2.90. The van der Waals surface area contributed by atoms with E-state index >= 15 is 0 Å². The molecule has 108 valence electrons. The number of alkyl halides is 3. The summed E-state index contributed by atoms with van der Waals surface area (Å²) in [5, 5.41) is 0. The van der Waals surface area contributed by atoms with Crippen molar-refractivity contribution in [3.63, 3.8) is 0 Å². The number of aromatic nitrogens is 2. The van der Waals surface area contributed by atoms with Crippen LogP contribution < -0.4 is 5.69 Å². The van der Waals surface area contributed by atoms with Gasteiger partial charge in [-0.1, -0.05) is 24.3 Å². The van der Waals surface area contributed by atoms with Crippen LogP contribution in [0.15, 0.2) is 47.3 Å². The van der Waals surface area contributed by atoms with Gasteiger partial charge >= 0.3 is 11.9 Å². The maximum atomic E-state index is 13.2. The van der Waals surface area contributed by atoms with Gasteiger partial charge in [0.1, 0.15) is 0 Å². The van der Waals surface area contributed by atoms with Crippen LogP contribution in [0.25, 0.3) is 16.7 Å². The highest BCUT2D eigenvalue weighted by Gasteiger charge is 2.34. The van der Waals surface area contributed by atoms with E-state index in [4.69, 9.17) is 0 Å². The van der Waals surface area contributed by atoms with Crippen molar-refractivity contribution in [1.82, 2.24) is 9.55 Å². The average molecular weight is 292 g/mol. The lowest BCUT2D eigenvalue weighted by atomic mass is 10.1. The highest BCUT2D eigenvalue weighted by Crippen LogP contribution is 2.34. The second-order valence-corrected chi connectivity index (χ2v) is 4.75. The monoisotopic (exact) mass is 292 g/mol. The molecule has 0 radical (unpaired) electrons. The summed E-state index contributed by atoms with van der Waals surface area (Å²) in [5.41, 5.74) is -0.247. The molecular formula is C15H11F3N2O. The number of aromatic amines is 1. The molecule has 0 saturated heterocycles. The van der Waals surface area contributed by atoms with E-state index in [0.29, 0.717) is 5.69 Å². The number of aryl methyl sites for hydroxylation is 1. The molecule has 2 aromatic carbocycles. The Balaban J connectivity index is 2.47. The van der Waals surface area contributed by atoms with Crippen LogP contribution in [0.1, 0.15) is 11.1 Å². The van der Waals surface area contributed by atoms with Gasteiger partial charge in [-0.05, 0) is 30.7 Å². The van der Waals surface area contributed by atoms with Crippen LogP contribution >= 0.6 is 0 Å². The predicted octanol–water partition coefficient (Wildman–Crippen LogP) is 3.65. The summed E-state index contributed by atoms with van der Waals surface area (Å²) in [6, 6.07) is 10.5. The first-order valence-corrected chi connectivity index (χ1v) is 6.26. The Hall–Kier alpha value is -2.50. The van der Waals surface area contributed by atoms with Gasteiger partial charge < -0.3 is 4.98 Å². The second kappa shape index (κ2) is 4.51. The van der Waals surface area contributed by atoms with Gasteiger partial charge in [0.05, 0.1) is 22.3 Å². The van der Waals surface area contributed by atoms with Gasteiger partial charge in [-0.25, -0.2) is 4.79 Å². The molecule has 3 rings (SSSR count). The molecule has 21 heavy (non-hydrogen) atoms. The molecule has 0 bridgehead atoms. The first-order chi connectivity index (χ1) is 9.89. The van der Waals surface area contributed by atoms with E-state index in [0.717, 1.165) is 16.2 Å². The van der Waals surface area contributed by atoms with Crippen molar-refractivity contribution in [2.24, 2.45) is 0 Å². The zero-order valence-electron chi connectivity index (χ0n) is 11.0. The molecule has 0 aliphatic carbocycles. The van der Waals surface area contributed by atoms with Crippen LogP contribution in [0.2, 0.25) is 0 Å². The number of rotatable bonds is 1. The zero-order chi connectivity index (χ0) is 15.2. The molecule has 6 heteroatoms. The Labute approximate surface area is 117 Å². The molecule has 0 aliphatic heterocycles. The third-order valence-electron chi connectivity index (χ3n) is 3.37. The van der Waals surface area contributed by atoms with Crippen LogP contribution in [0, 0.1) is 6.92 Å². The number of para-hydroxylation sites is 2. The molecule has 1 N–H and O–H groups in total. The van der Waals surface area contributed by atoms with Gasteiger partial charge in [-0.2, -0.15) is 13.2 Å². The smallest absolute Gasteiger partial charge is 0.305 e. The fourth-order valence-corrected chi connectivity index (χ4v) is 2.43. The number of H-pyrrole nitrogens is 1. The third-order valence-corrected chi connectivity index (χ3v) is 3.37. The van der Waals surface area contributed by atoms with Gasteiger partial charge in [0, 0.05) is 0 Å². The predicted molar refractivity (Wildman–Crippen MR) is 73.6 cm³/mol. The summed E-state index contributed by atoms with van der Waals surface area (Å²) in [6.07, 6.45) is -4.53. The molecule has 1 aromatic heterocycles. The Morgan fingerprint density at radius 3 is 2.43 bits per heavy atom. The molecule has 0 atom stereocenters. The lowest BCUT2D eigenvalue weighted by Crippen LogP contribution is -2.17. The number of fused-ring (bicyclic) bond motifs is 1. The topological polar surface area (TPSA) is 37.8 Å². The van der Waals surface area contributed by atoms with Gasteiger partial charge in [0.2, 0.25) is 0 Å². The summed E-state index contributed by atoms with van der Waals surface area (Å²) in [6.45, 7) is 1.75. The Bertz CT molecular complexity index is 874. The molecule has 3 aromatic rings. The lowest BCUT2D eigenvalue weighted by Gasteiger charge is -2.12. The maximum Gasteiger partial charge on any atom is 0.418 e. The zero-order valence-corrected chi connectivity index (χ0v) is 11.0. The first-order valence-electron chi connectivity index (χ1n) is 6.26.